The van der Waals surface area contributed by atoms with Crippen LogP contribution in [0.25, 0.3) is 22.4 Å². The number of aryl methyl sites for hydroxylation is 1. The van der Waals surface area contributed by atoms with Gasteiger partial charge in [0.05, 0.1) is 5.69 Å². The molecule has 1 aliphatic carbocycles. The van der Waals surface area contributed by atoms with Crippen LogP contribution in [0.4, 0.5) is 0 Å². The van der Waals surface area contributed by atoms with Gasteiger partial charge in [0.15, 0.2) is 0 Å². The fraction of sp³-hybridized carbons (Fsp3) is 0.130. The molecule has 0 spiro atoms. The summed E-state index contributed by atoms with van der Waals surface area (Å²) in [7, 11) is 0. The number of hydrogen-bond donors (Lipinski definition) is 0. The van der Waals surface area contributed by atoms with Crippen molar-refractivity contribution < 1.29 is 4.74 Å². The summed E-state index contributed by atoms with van der Waals surface area (Å²) in [5, 5.41) is 10.5. The van der Waals surface area contributed by atoms with Crippen molar-refractivity contribution in [2.45, 2.75) is 12.8 Å². The van der Waals surface area contributed by atoms with Crippen molar-refractivity contribution in [3.05, 3.63) is 82.9 Å². The summed E-state index contributed by atoms with van der Waals surface area (Å²) >= 11 is 6.50. The molecule has 1 heterocycles. The summed E-state index contributed by atoms with van der Waals surface area (Å²) in [5.74, 6) is 0.322. The quantitative estimate of drug-likeness (QED) is 0.559. The van der Waals surface area contributed by atoms with Gasteiger partial charge in [0.2, 0.25) is 5.88 Å². The summed E-state index contributed by atoms with van der Waals surface area (Å²) in [6.45, 7) is 3.97. The van der Waals surface area contributed by atoms with Gasteiger partial charge in [-0.1, -0.05) is 66.7 Å². The molecule has 1 aliphatic rings. The van der Waals surface area contributed by atoms with Gasteiger partial charge in [-0.3, -0.25) is 0 Å². The van der Waals surface area contributed by atoms with Gasteiger partial charge in [0.25, 0.3) is 0 Å². The summed E-state index contributed by atoms with van der Waals surface area (Å²) < 4.78 is 5.77. The number of nitriles is 1. The fourth-order valence-electron chi connectivity index (χ4n) is 3.60. The Bertz CT molecular complexity index is 1080. The van der Waals surface area contributed by atoms with E-state index < -0.39 is 0 Å². The van der Waals surface area contributed by atoms with Crippen LogP contribution < -0.4 is 4.74 Å². The van der Waals surface area contributed by atoms with Crippen molar-refractivity contribution in [1.29, 1.82) is 5.26 Å². The minimum absolute atomic E-state index is 0.282. The van der Waals surface area contributed by atoms with Gasteiger partial charge in [-0.05, 0) is 30.0 Å². The summed E-state index contributed by atoms with van der Waals surface area (Å²) in [4.78, 5) is 4.74. The Labute approximate surface area is 163 Å². The van der Waals surface area contributed by atoms with Crippen LogP contribution in [0.1, 0.15) is 16.7 Å². The number of rotatable bonds is 4. The van der Waals surface area contributed by atoms with E-state index in [1.165, 1.54) is 5.56 Å². The molecule has 4 heteroatoms. The van der Waals surface area contributed by atoms with Gasteiger partial charge in [-0.25, -0.2) is 4.98 Å². The molecule has 3 aromatic rings. The van der Waals surface area contributed by atoms with E-state index in [1.807, 2.05) is 36.4 Å². The maximum Gasteiger partial charge on any atom is 0.233 e. The van der Waals surface area contributed by atoms with Crippen LogP contribution >= 0.6 is 11.6 Å². The van der Waals surface area contributed by atoms with Crippen molar-refractivity contribution >= 4 is 11.6 Å². The monoisotopic (exact) mass is 372 g/mol. The van der Waals surface area contributed by atoms with E-state index in [0.717, 1.165) is 40.8 Å². The first-order valence-electron chi connectivity index (χ1n) is 8.78. The molecule has 4 rings (SSSR count). The number of benzene rings is 2. The average molecular weight is 373 g/mol. The van der Waals surface area contributed by atoms with E-state index in [-0.39, 0.29) is 6.61 Å². The van der Waals surface area contributed by atoms with Gasteiger partial charge in [-0.15, -0.1) is 0 Å². The van der Waals surface area contributed by atoms with E-state index in [0.29, 0.717) is 16.5 Å². The Morgan fingerprint density at radius 1 is 1.11 bits per heavy atom. The SMILES string of the molecule is C=CCOc1nc2c(c(-c3ccccc3Cl)c1C#N)CCc1ccccc1-2. The third-order valence-corrected chi connectivity index (χ3v) is 5.10. The molecule has 0 bridgehead atoms. The lowest BCUT2D eigenvalue weighted by molar-refractivity contribution is 0.348. The fourth-order valence-corrected chi connectivity index (χ4v) is 3.83. The highest BCUT2D eigenvalue weighted by atomic mass is 35.5. The van der Waals surface area contributed by atoms with Crippen molar-refractivity contribution in [2.24, 2.45) is 0 Å². The second-order valence-electron chi connectivity index (χ2n) is 6.34. The molecule has 132 valence electrons. The Morgan fingerprint density at radius 3 is 2.59 bits per heavy atom. The molecule has 0 saturated carbocycles. The maximum absolute atomic E-state index is 9.91. The van der Waals surface area contributed by atoms with Crippen LogP contribution in [0.15, 0.2) is 61.2 Å². The number of aromatic nitrogens is 1. The molecule has 0 atom stereocenters. The van der Waals surface area contributed by atoms with E-state index in [9.17, 15) is 5.26 Å². The van der Waals surface area contributed by atoms with Crippen LogP contribution in [-0.4, -0.2) is 11.6 Å². The first kappa shape index (κ1) is 17.3. The van der Waals surface area contributed by atoms with Crippen molar-refractivity contribution in [3.63, 3.8) is 0 Å². The average Bonchev–Trinajstić information content (AvgIpc) is 2.71. The van der Waals surface area contributed by atoms with Crippen LogP contribution in [0.5, 0.6) is 5.88 Å². The zero-order valence-corrected chi connectivity index (χ0v) is 15.5. The molecule has 0 radical (unpaired) electrons. The van der Waals surface area contributed by atoms with E-state index >= 15 is 0 Å². The van der Waals surface area contributed by atoms with Gasteiger partial charge in [-0.2, -0.15) is 5.26 Å². The Balaban J connectivity index is 2.07. The third kappa shape index (κ3) is 2.99. The van der Waals surface area contributed by atoms with Crippen LogP contribution in [0.2, 0.25) is 5.02 Å². The molecule has 0 amide bonds. The predicted octanol–water partition coefficient (Wildman–Crippen LogP) is 5.60. The lowest BCUT2D eigenvalue weighted by Crippen LogP contribution is -2.11. The normalized spacial score (nSPS) is 11.9. The zero-order chi connectivity index (χ0) is 18.8. The third-order valence-electron chi connectivity index (χ3n) is 4.77. The first-order chi connectivity index (χ1) is 13.2. The minimum atomic E-state index is 0.282. The molecule has 3 nitrogen and oxygen atoms in total. The van der Waals surface area contributed by atoms with Crippen LogP contribution in [-0.2, 0) is 12.8 Å². The Kier molecular flexibility index (Phi) is 4.66. The number of hydrogen-bond acceptors (Lipinski definition) is 3. The van der Waals surface area contributed by atoms with Gasteiger partial charge in [0.1, 0.15) is 18.2 Å². The van der Waals surface area contributed by atoms with Gasteiger partial charge < -0.3 is 4.74 Å². The lowest BCUT2D eigenvalue weighted by Gasteiger charge is -2.24. The second-order valence-corrected chi connectivity index (χ2v) is 6.75. The maximum atomic E-state index is 9.91. The highest BCUT2D eigenvalue weighted by Crippen LogP contribution is 2.43. The molecule has 0 unspecified atom stereocenters. The second kappa shape index (κ2) is 7.26. The molecule has 2 aromatic carbocycles. The predicted molar refractivity (Wildman–Crippen MR) is 108 cm³/mol. The van der Waals surface area contributed by atoms with E-state index in [1.54, 1.807) is 6.08 Å². The Hall–Kier alpha value is -3.09. The van der Waals surface area contributed by atoms with Gasteiger partial charge >= 0.3 is 0 Å². The first-order valence-corrected chi connectivity index (χ1v) is 9.16. The number of halogens is 1. The summed E-state index contributed by atoms with van der Waals surface area (Å²) in [6.07, 6.45) is 3.35. The molecule has 0 aliphatic heterocycles. The highest BCUT2D eigenvalue weighted by molar-refractivity contribution is 6.33. The van der Waals surface area contributed by atoms with Crippen LogP contribution in [0, 0.1) is 11.3 Å². The van der Waals surface area contributed by atoms with Gasteiger partial charge in [0, 0.05) is 21.7 Å². The smallest absolute Gasteiger partial charge is 0.233 e. The Morgan fingerprint density at radius 2 is 1.85 bits per heavy atom. The minimum Gasteiger partial charge on any atom is -0.472 e. The largest absolute Gasteiger partial charge is 0.472 e. The topological polar surface area (TPSA) is 45.9 Å². The van der Waals surface area contributed by atoms with Crippen LogP contribution in [0.3, 0.4) is 0 Å². The number of fused-ring (bicyclic) bond motifs is 3. The number of pyridine rings is 1. The number of ether oxygens (including phenoxy) is 1. The highest BCUT2D eigenvalue weighted by Gasteiger charge is 2.27. The molecule has 0 fully saturated rings. The van der Waals surface area contributed by atoms with Crippen molar-refractivity contribution in [2.75, 3.05) is 6.61 Å². The lowest BCUT2D eigenvalue weighted by atomic mass is 9.83. The number of nitrogens with zero attached hydrogens (tertiary/aromatic N) is 2. The molecule has 0 N–H and O–H groups in total. The standard InChI is InChI=1S/C23H17ClN2O/c1-2-13-27-23-19(14-25)21(17-9-5-6-10-20(17)24)18-12-11-15-7-3-4-8-16(15)22(18)26-23/h2-10H,1,11-13H2. The van der Waals surface area contributed by atoms with E-state index in [2.05, 4.69) is 24.8 Å². The molecule has 27 heavy (non-hydrogen) atoms. The molecular weight excluding hydrogens is 356 g/mol. The van der Waals surface area contributed by atoms with Crippen molar-refractivity contribution in [3.8, 4) is 34.3 Å². The van der Waals surface area contributed by atoms with E-state index in [4.69, 9.17) is 21.3 Å². The summed E-state index contributed by atoms with van der Waals surface area (Å²) in [6, 6.07) is 18.1. The zero-order valence-electron chi connectivity index (χ0n) is 14.7. The molecular formula is C23H17ClN2O. The summed E-state index contributed by atoms with van der Waals surface area (Å²) in [5.41, 5.74) is 6.32. The van der Waals surface area contributed by atoms with Crippen molar-refractivity contribution in [1.82, 2.24) is 4.98 Å². The molecule has 0 saturated heterocycles. The molecule has 1 aromatic heterocycles.